The number of para-hydroxylation sites is 1. The average molecular weight is 425 g/mol. The lowest BCUT2D eigenvalue weighted by molar-refractivity contribution is -0.122. The summed E-state index contributed by atoms with van der Waals surface area (Å²) < 4.78 is 15.8. The Morgan fingerprint density at radius 3 is 2.52 bits per heavy atom. The van der Waals surface area contributed by atoms with Crippen LogP contribution in [0.3, 0.4) is 0 Å². The fraction of sp³-hybridized carbons (Fsp3) is 0.318. The van der Waals surface area contributed by atoms with Gasteiger partial charge in [-0.1, -0.05) is 18.2 Å². The molecule has 0 aliphatic carbocycles. The summed E-state index contributed by atoms with van der Waals surface area (Å²) in [5, 5.41) is 2.73. The third-order valence-electron chi connectivity index (χ3n) is 5.43. The van der Waals surface area contributed by atoms with Crippen LogP contribution in [0, 0.1) is 0 Å². The van der Waals surface area contributed by atoms with Gasteiger partial charge in [-0.15, -0.1) is 0 Å². The van der Waals surface area contributed by atoms with Crippen molar-refractivity contribution >= 4 is 23.4 Å². The van der Waals surface area contributed by atoms with E-state index >= 15 is 0 Å². The first-order valence-electron chi connectivity index (χ1n) is 9.77. The molecule has 31 heavy (non-hydrogen) atoms. The molecule has 2 aliphatic rings. The normalized spacial score (nSPS) is 16.5. The van der Waals surface area contributed by atoms with Gasteiger partial charge in [-0.3, -0.25) is 19.3 Å². The van der Waals surface area contributed by atoms with Gasteiger partial charge in [0.25, 0.3) is 11.8 Å². The number of amides is 3. The van der Waals surface area contributed by atoms with Crippen molar-refractivity contribution in [1.82, 2.24) is 10.2 Å². The second kappa shape index (κ2) is 8.27. The molecule has 0 aromatic heterocycles. The summed E-state index contributed by atoms with van der Waals surface area (Å²) >= 11 is 0. The first kappa shape index (κ1) is 20.7. The Kier molecular flexibility index (Phi) is 5.51. The van der Waals surface area contributed by atoms with Crippen LogP contribution in [0.1, 0.15) is 32.4 Å². The molecule has 0 bridgehead atoms. The van der Waals surface area contributed by atoms with Gasteiger partial charge >= 0.3 is 0 Å². The summed E-state index contributed by atoms with van der Waals surface area (Å²) in [7, 11) is 4.49. The molecule has 2 aliphatic heterocycles. The molecule has 0 saturated carbocycles. The molecule has 0 saturated heterocycles. The van der Waals surface area contributed by atoms with Crippen LogP contribution < -0.4 is 19.7 Å². The van der Waals surface area contributed by atoms with Gasteiger partial charge < -0.3 is 24.4 Å². The number of fused-ring (bicyclic) bond motifs is 5. The van der Waals surface area contributed by atoms with Gasteiger partial charge in [0, 0.05) is 19.2 Å². The number of hydrogen-bond acceptors (Lipinski definition) is 6. The number of methoxy groups -OCH3 is 3. The molecular formula is C22H23N3O6. The lowest BCUT2D eigenvalue weighted by Gasteiger charge is -2.40. The van der Waals surface area contributed by atoms with Crippen molar-refractivity contribution < 1.29 is 28.6 Å². The molecule has 9 heteroatoms. The Morgan fingerprint density at radius 1 is 1.03 bits per heavy atom. The number of rotatable bonds is 7. The van der Waals surface area contributed by atoms with E-state index < -0.39 is 6.17 Å². The Hall–Kier alpha value is -3.59. The fourth-order valence-electron chi connectivity index (χ4n) is 4.09. The third-order valence-corrected chi connectivity index (χ3v) is 5.43. The predicted molar refractivity (Wildman–Crippen MR) is 111 cm³/mol. The van der Waals surface area contributed by atoms with Crippen molar-refractivity contribution in [2.75, 3.05) is 45.9 Å². The average Bonchev–Trinajstić information content (AvgIpc) is 3.08. The van der Waals surface area contributed by atoms with E-state index in [1.165, 1.54) is 31.1 Å². The molecular weight excluding hydrogens is 402 g/mol. The van der Waals surface area contributed by atoms with E-state index in [0.717, 1.165) is 0 Å². The van der Waals surface area contributed by atoms with Crippen molar-refractivity contribution in [1.29, 1.82) is 0 Å². The summed E-state index contributed by atoms with van der Waals surface area (Å²) in [5.41, 5.74) is 1.75. The molecule has 0 unspecified atom stereocenters. The lowest BCUT2D eigenvalue weighted by Crippen LogP contribution is -2.51. The van der Waals surface area contributed by atoms with E-state index in [-0.39, 0.29) is 24.3 Å². The van der Waals surface area contributed by atoms with Crippen LogP contribution in [0.25, 0.3) is 0 Å². The van der Waals surface area contributed by atoms with Crippen LogP contribution in [0.5, 0.6) is 11.5 Å². The number of carbonyl (C=O) groups is 3. The van der Waals surface area contributed by atoms with E-state index in [1.54, 1.807) is 36.4 Å². The molecule has 0 fully saturated rings. The van der Waals surface area contributed by atoms with E-state index in [9.17, 15) is 14.4 Å². The molecule has 1 atom stereocenters. The monoisotopic (exact) mass is 425 g/mol. The molecule has 2 heterocycles. The molecule has 4 rings (SSSR count). The van der Waals surface area contributed by atoms with E-state index in [1.807, 2.05) is 0 Å². The maximum atomic E-state index is 13.5. The summed E-state index contributed by atoms with van der Waals surface area (Å²) in [5.74, 6) is -0.271. The Morgan fingerprint density at radius 2 is 1.81 bits per heavy atom. The highest BCUT2D eigenvalue weighted by Gasteiger charge is 2.50. The molecule has 0 spiro atoms. The van der Waals surface area contributed by atoms with Crippen LogP contribution in [-0.4, -0.2) is 63.6 Å². The molecule has 2 aromatic rings. The third kappa shape index (κ3) is 3.27. The van der Waals surface area contributed by atoms with Gasteiger partial charge in [0.15, 0.2) is 11.5 Å². The van der Waals surface area contributed by atoms with Gasteiger partial charge in [-0.2, -0.15) is 0 Å². The number of benzene rings is 2. The molecule has 162 valence electrons. The number of ether oxygens (including phenoxy) is 3. The largest absolute Gasteiger partial charge is 0.493 e. The Labute approximate surface area is 179 Å². The molecule has 1 N–H and O–H groups in total. The van der Waals surface area contributed by atoms with Crippen molar-refractivity contribution in [3.63, 3.8) is 0 Å². The maximum Gasteiger partial charge on any atom is 0.264 e. The van der Waals surface area contributed by atoms with Gasteiger partial charge in [0.2, 0.25) is 5.91 Å². The van der Waals surface area contributed by atoms with Crippen LogP contribution >= 0.6 is 0 Å². The standard InChI is InChI=1S/C22H23N3O6/c1-29-11-10-23-17(26)12-24-20-14-8-9-16(30-2)19(31-3)18(14)22(28)25(20)15-7-5-4-6-13(15)21(24)27/h4-9,20H,10-12H2,1-3H3,(H,23,26)/t20-/m1/s1. The van der Waals surface area contributed by atoms with Gasteiger partial charge in [-0.05, 0) is 18.2 Å². The highest BCUT2D eigenvalue weighted by Crippen LogP contribution is 2.49. The van der Waals surface area contributed by atoms with Crippen molar-refractivity contribution in [3.05, 3.63) is 53.1 Å². The Balaban J connectivity index is 1.82. The highest BCUT2D eigenvalue weighted by molar-refractivity contribution is 6.18. The van der Waals surface area contributed by atoms with Crippen LogP contribution in [0.15, 0.2) is 36.4 Å². The SMILES string of the molecule is COCCNC(=O)CN1C(=O)c2ccccc2N2C(=O)c3c(ccc(OC)c3OC)[C@H]12. The second-order valence-electron chi connectivity index (χ2n) is 7.11. The number of nitrogens with zero attached hydrogens (tertiary/aromatic N) is 2. The van der Waals surface area contributed by atoms with Gasteiger partial charge in [0.05, 0.1) is 37.6 Å². The zero-order valence-corrected chi connectivity index (χ0v) is 17.5. The van der Waals surface area contributed by atoms with E-state index in [2.05, 4.69) is 5.32 Å². The summed E-state index contributed by atoms with van der Waals surface area (Å²) in [6, 6.07) is 10.3. The van der Waals surface area contributed by atoms with E-state index in [0.29, 0.717) is 47.0 Å². The quantitative estimate of drug-likeness (QED) is 0.677. The first-order valence-corrected chi connectivity index (χ1v) is 9.77. The minimum absolute atomic E-state index is 0.209. The second-order valence-corrected chi connectivity index (χ2v) is 7.11. The lowest BCUT2D eigenvalue weighted by atomic mass is 10.0. The zero-order valence-electron chi connectivity index (χ0n) is 17.5. The highest BCUT2D eigenvalue weighted by atomic mass is 16.5. The summed E-state index contributed by atoms with van der Waals surface area (Å²) in [6.07, 6.45) is -0.766. The minimum Gasteiger partial charge on any atom is -0.493 e. The maximum absolute atomic E-state index is 13.5. The van der Waals surface area contributed by atoms with Crippen LogP contribution in [0.4, 0.5) is 5.69 Å². The number of nitrogens with one attached hydrogen (secondary N) is 1. The topological polar surface area (TPSA) is 97.4 Å². The fourth-order valence-corrected chi connectivity index (χ4v) is 4.09. The van der Waals surface area contributed by atoms with Crippen molar-refractivity contribution in [3.8, 4) is 11.5 Å². The number of carbonyl (C=O) groups excluding carboxylic acids is 3. The van der Waals surface area contributed by atoms with Gasteiger partial charge in [0.1, 0.15) is 12.7 Å². The smallest absolute Gasteiger partial charge is 0.264 e. The number of hydrogen-bond donors (Lipinski definition) is 1. The summed E-state index contributed by atoms with van der Waals surface area (Å²) in [4.78, 5) is 42.3. The molecule has 2 aromatic carbocycles. The summed E-state index contributed by atoms with van der Waals surface area (Å²) in [6.45, 7) is 0.471. The Bertz CT molecular complexity index is 1050. The number of anilines is 1. The molecule has 0 radical (unpaired) electrons. The van der Waals surface area contributed by atoms with Crippen molar-refractivity contribution in [2.24, 2.45) is 0 Å². The van der Waals surface area contributed by atoms with Gasteiger partial charge in [-0.25, -0.2) is 0 Å². The molecule has 9 nitrogen and oxygen atoms in total. The molecule has 3 amide bonds. The van der Waals surface area contributed by atoms with Crippen molar-refractivity contribution in [2.45, 2.75) is 6.17 Å². The van der Waals surface area contributed by atoms with E-state index in [4.69, 9.17) is 14.2 Å². The minimum atomic E-state index is -0.766. The van der Waals surface area contributed by atoms with Crippen LogP contribution in [0.2, 0.25) is 0 Å². The predicted octanol–water partition coefficient (Wildman–Crippen LogP) is 1.58. The first-order chi connectivity index (χ1) is 15.0. The zero-order chi connectivity index (χ0) is 22.1. The van der Waals surface area contributed by atoms with Crippen LogP contribution in [-0.2, 0) is 9.53 Å².